The van der Waals surface area contributed by atoms with Crippen LogP contribution in [0.4, 0.5) is 4.39 Å². The molecule has 2 N–H and O–H groups in total. The lowest BCUT2D eigenvalue weighted by molar-refractivity contribution is 0.600. The molecule has 0 saturated carbocycles. The van der Waals surface area contributed by atoms with E-state index in [0.29, 0.717) is 18.7 Å². The molecule has 0 saturated heterocycles. The van der Waals surface area contributed by atoms with E-state index in [0.717, 1.165) is 12.0 Å². The second-order valence-corrected chi connectivity index (χ2v) is 4.35. The molecule has 17 heavy (non-hydrogen) atoms. The van der Waals surface area contributed by atoms with Gasteiger partial charge >= 0.3 is 0 Å². The van der Waals surface area contributed by atoms with Crippen LogP contribution >= 0.6 is 11.6 Å². The van der Waals surface area contributed by atoms with E-state index < -0.39 is 0 Å². The molecular formula is C13H14ClFN2. The third-order valence-corrected chi connectivity index (χ3v) is 2.92. The number of rotatable bonds is 4. The minimum absolute atomic E-state index is 0.164. The monoisotopic (exact) mass is 252 g/mol. The lowest BCUT2D eigenvalue weighted by atomic mass is 10.2. The zero-order chi connectivity index (χ0) is 12.3. The van der Waals surface area contributed by atoms with Crippen LogP contribution < -0.4 is 5.73 Å². The maximum atomic E-state index is 13.7. The Morgan fingerprint density at radius 3 is 2.88 bits per heavy atom. The van der Waals surface area contributed by atoms with Gasteiger partial charge in [-0.3, -0.25) is 0 Å². The van der Waals surface area contributed by atoms with Gasteiger partial charge in [-0.25, -0.2) is 4.39 Å². The Balaban J connectivity index is 2.16. The van der Waals surface area contributed by atoms with Gasteiger partial charge in [0.2, 0.25) is 0 Å². The van der Waals surface area contributed by atoms with Crippen molar-refractivity contribution in [3.05, 3.63) is 58.6 Å². The summed E-state index contributed by atoms with van der Waals surface area (Å²) in [6, 6.07) is 7.04. The number of nitrogens with zero attached hydrogens (tertiary/aromatic N) is 1. The molecular weight excluding hydrogens is 239 g/mol. The average Bonchev–Trinajstić information content (AvgIpc) is 2.73. The Kier molecular flexibility index (Phi) is 3.82. The normalized spacial score (nSPS) is 10.8. The highest BCUT2D eigenvalue weighted by Crippen LogP contribution is 2.19. The first-order valence-electron chi connectivity index (χ1n) is 5.48. The fourth-order valence-electron chi connectivity index (χ4n) is 1.77. The first-order chi connectivity index (χ1) is 8.20. The summed E-state index contributed by atoms with van der Waals surface area (Å²) in [5, 5.41) is 0.164. The molecule has 0 aliphatic carbocycles. The molecule has 0 aliphatic heterocycles. The second-order valence-electron chi connectivity index (χ2n) is 3.94. The van der Waals surface area contributed by atoms with Crippen molar-refractivity contribution in [1.82, 2.24) is 4.57 Å². The van der Waals surface area contributed by atoms with E-state index in [4.69, 9.17) is 17.3 Å². The average molecular weight is 253 g/mol. The minimum atomic E-state index is -0.344. The summed E-state index contributed by atoms with van der Waals surface area (Å²) in [6.07, 6.45) is 4.74. The number of halogens is 2. The zero-order valence-corrected chi connectivity index (χ0v) is 10.1. The molecule has 0 bridgehead atoms. The molecule has 0 amide bonds. The summed E-state index contributed by atoms with van der Waals surface area (Å²) < 4.78 is 15.6. The molecule has 1 heterocycles. The summed E-state index contributed by atoms with van der Waals surface area (Å²) in [6.45, 7) is 1.10. The highest BCUT2D eigenvalue weighted by atomic mass is 35.5. The number of benzene rings is 1. The number of aromatic nitrogens is 1. The first kappa shape index (κ1) is 12.1. The third kappa shape index (κ3) is 2.87. The van der Waals surface area contributed by atoms with Crippen LogP contribution in [-0.2, 0) is 13.0 Å². The fourth-order valence-corrected chi connectivity index (χ4v) is 1.96. The van der Waals surface area contributed by atoms with Crippen LogP contribution in [0.15, 0.2) is 36.7 Å². The molecule has 1 aromatic heterocycles. The molecule has 0 aliphatic rings. The molecule has 0 atom stereocenters. The number of nitrogens with two attached hydrogens (primary N) is 1. The summed E-state index contributed by atoms with van der Waals surface area (Å²) in [4.78, 5) is 0. The van der Waals surface area contributed by atoms with Gasteiger partial charge < -0.3 is 10.3 Å². The van der Waals surface area contributed by atoms with Gasteiger partial charge in [-0.05, 0) is 30.7 Å². The number of hydrogen-bond acceptors (Lipinski definition) is 1. The molecule has 0 fully saturated rings. The summed E-state index contributed by atoms with van der Waals surface area (Å²) >= 11 is 5.73. The molecule has 2 aromatic rings. The van der Waals surface area contributed by atoms with E-state index in [9.17, 15) is 4.39 Å². The van der Waals surface area contributed by atoms with E-state index in [1.54, 1.807) is 18.2 Å². The van der Waals surface area contributed by atoms with Gasteiger partial charge in [0.1, 0.15) is 5.82 Å². The van der Waals surface area contributed by atoms with Crippen molar-refractivity contribution in [3.63, 3.8) is 0 Å². The lowest BCUT2D eigenvalue weighted by Gasteiger charge is -2.05. The lowest BCUT2D eigenvalue weighted by Crippen LogP contribution is -2.02. The van der Waals surface area contributed by atoms with Crippen molar-refractivity contribution in [1.29, 1.82) is 0 Å². The summed E-state index contributed by atoms with van der Waals surface area (Å²) in [7, 11) is 0. The molecule has 90 valence electrons. The minimum Gasteiger partial charge on any atom is -0.350 e. The van der Waals surface area contributed by atoms with Crippen molar-refractivity contribution in [3.8, 4) is 0 Å². The van der Waals surface area contributed by atoms with Crippen LogP contribution in [0.3, 0.4) is 0 Å². The maximum Gasteiger partial charge on any atom is 0.146 e. The maximum absolute atomic E-state index is 13.7. The van der Waals surface area contributed by atoms with Gasteiger partial charge in [0.15, 0.2) is 0 Å². The third-order valence-electron chi connectivity index (χ3n) is 2.63. The van der Waals surface area contributed by atoms with Crippen LogP contribution in [0.1, 0.15) is 11.1 Å². The van der Waals surface area contributed by atoms with Crippen molar-refractivity contribution >= 4 is 11.6 Å². The van der Waals surface area contributed by atoms with E-state index in [-0.39, 0.29) is 10.8 Å². The zero-order valence-electron chi connectivity index (χ0n) is 9.37. The Morgan fingerprint density at radius 1 is 1.29 bits per heavy atom. The predicted octanol–water partition coefficient (Wildman–Crippen LogP) is 2.83. The molecule has 2 nitrogen and oxygen atoms in total. The Hall–Kier alpha value is -1.32. The molecule has 0 radical (unpaired) electrons. The van der Waals surface area contributed by atoms with Gasteiger partial charge in [0, 0.05) is 24.5 Å². The molecule has 4 heteroatoms. The largest absolute Gasteiger partial charge is 0.350 e. The SMILES string of the molecule is NCCc1ccn(Cc2cccc(Cl)c2F)c1. The molecule has 1 aromatic carbocycles. The predicted molar refractivity (Wildman–Crippen MR) is 67.7 cm³/mol. The van der Waals surface area contributed by atoms with Gasteiger partial charge in [0.25, 0.3) is 0 Å². The second kappa shape index (κ2) is 5.34. The van der Waals surface area contributed by atoms with E-state index in [1.807, 2.05) is 23.0 Å². The summed E-state index contributed by atoms with van der Waals surface area (Å²) in [5.41, 5.74) is 7.23. The van der Waals surface area contributed by atoms with Gasteiger partial charge in [-0.2, -0.15) is 0 Å². The topological polar surface area (TPSA) is 30.9 Å². The smallest absolute Gasteiger partial charge is 0.146 e. The van der Waals surface area contributed by atoms with Gasteiger partial charge in [-0.15, -0.1) is 0 Å². The highest BCUT2D eigenvalue weighted by Gasteiger charge is 2.06. The van der Waals surface area contributed by atoms with Crippen LogP contribution in [0.2, 0.25) is 5.02 Å². The number of hydrogen-bond donors (Lipinski definition) is 1. The molecule has 0 spiro atoms. The van der Waals surface area contributed by atoms with Crippen LogP contribution in [0.5, 0.6) is 0 Å². The summed E-state index contributed by atoms with van der Waals surface area (Å²) in [5.74, 6) is -0.344. The van der Waals surface area contributed by atoms with Crippen molar-refractivity contribution < 1.29 is 4.39 Å². The van der Waals surface area contributed by atoms with Crippen LogP contribution in [0, 0.1) is 5.82 Å². The quantitative estimate of drug-likeness (QED) is 0.891. The van der Waals surface area contributed by atoms with Crippen molar-refractivity contribution in [2.24, 2.45) is 5.73 Å². The van der Waals surface area contributed by atoms with E-state index >= 15 is 0 Å². The van der Waals surface area contributed by atoms with Crippen LogP contribution in [0.25, 0.3) is 0 Å². The van der Waals surface area contributed by atoms with E-state index in [2.05, 4.69) is 0 Å². The van der Waals surface area contributed by atoms with Crippen molar-refractivity contribution in [2.45, 2.75) is 13.0 Å². The standard InChI is InChI=1S/C13H14ClFN2/c14-12-3-1-2-11(13(12)15)9-17-7-5-10(8-17)4-6-16/h1-3,5,7-8H,4,6,9,16H2. The Bertz CT molecular complexity index is 508. The van der Waals surface area contributed by atoms with E-state index in [1.165, 1.54) is 0 Å². The highest BCUT2D eigenvalue weighted by molar-refractivity contribution is 6.30. The van der Waals surface area contributed by atoms with Crippen LogP contribution in [-0.4, -0.2) is 11.1 Å². The Labute approximate surface area is 105 Å². The Morgan fingerprint density at radius 2 is 2.12 bits per heavy atom. The molecule has 2 rings (SSSR count). The molecule has 0 unspecified atom stereocenters. The van der Waals surface area contributed by atoms with Crippen molar-refractivity contribution in [2.75, 3.05) is 6.54 Å². The van der Waals surface area contributed by atoms with Gasteiger partial charge in [-0.1, -0.05) is 23.7 Å². The van der Waals surface area contributed by atoms with Gasteiger partial charge in [0.05, 0.1) is 5.02 Å². The fraction of sp³-hybridized carbons (Fsp3) is 0.231. The first-order valence-corrected chi connectivity index (χ1v) is 5.86.